The van der Waals surface area contributed by atoms with E-state index in [1.165, 1.54) is 0 Å². The van der Waals surface area contributed by atoms with E-state index in [1.807, 2.05) is 13.0 Å². The number of hydrogen-bond acceptors (Lipinski definition) is 3. The van der Waals surface area contributed by atoms with Gasteiger partial charge in [-0.05, 0) is 36.8 Å². The van der Waals surface area contributed by atoms with Gasteiger partial charge in [0.2, 0.25) is 0 Å². The van der Waals surface area contributed by atoms with Gasteiger partial charge in [-0.3, -0.25) is 0 Å². The molecular formula is C21H22O3. The molecule has 0 spiro atoms. The van der Waals surface area contributed by atoms with Gasteiger partial charge in [-0.25, -0.2) is 4.79 Å². The fourth-order valence-electron chi connectivity index (χ4n) is 1.58. The summed E-state index contributed by atoms with van der Waals surface area (Å²) >= 11 is 0. The van der Waals surface area contributed by atoms with Crippen molar-refractivity contribution in [2.75, 3.05) is 0 Å². The highest BCUT2D eigenvalue weighted by Crippen LogP contribution is 2.11. The summed E-state index contributed by atoms with van der Waals surface area (Å²) in [7, 11) is 0. The quantitative estimate of drug-likeness (QED) is 0.353. The largest absolute Gasteiger partial charge is 0.490 e. The molecule has 0 atom stereocenters. The van der Waals surface area contributed by atoms with Crippen molar-refractivity contribution < 1.29 is 14.3 Å². The molecule has 0 fully saturated rings. The van der Waals surface area contributed by atoms with Gasteiger partial charge in [0.15, 0.2) is 0 Å². The van der Waals surface area contributed by atoms with Crippen LogP contribution in [0.2, 0.25) is 0 Å². The van der Waals surface area contributed by atoms with E-state index in [2.05, 4.69) is 26.3 Å². The van der Waals surface area contributed by atoms with E-state index in [0.29, 0.717) is 17.9 Å². The van der Waals surface area contributed by atoms with Crippen molar-refractivity contribution in [3.05, 3.63) is 109 Å². The predicted octanol–water partition coefficient (Wildman–Crippen LogP) is 5.26. The molecule has 0 unspecified atom stereocenters. The Hall–Kier alpha value is -3.07. The fraction of sp³-hybridized carbons (Fsp3) is 0.0952. The highest BCUT2D eigenvalue weighted by atomic mass is 16.5. The molecule has 0 aromatic heterocycles. The Balaban J connectivity index is 2.56. The van der Waals surface area contributed by atoms with Gasteiger partial charge in [0.05, 0.1) is 5.56 Å². The summed E-state index contributed by atoms with van der Waals surface area (Å²) < 4.78 is 10.6. The number of ether oxygens (including phenoxy) is 2. The Labute approximate surface area is 143 Å². The van der Waals surface area contributed by atoms with Crippen LogP contribution in [0, 0.1) is 0 Å². The van der Waals surface area contributed by atoms with E-state index in [1.54, 1.807) is 48.6 Å². The Kier molecular flexibility index (Phi) is 7.79. The van der Waals surface area contributed by atoms with Crippen LogP contribution in [-0.2, 0) is 16.1 Å². The second-order valence-electron chi connectivity index (χ2n) is 5.08. The molecule has 0 saturated carbocycles. The average molecular weight is 322 g/mol. The lowest BCUT2D eigenvalue weighted by atomic mass is 10.1. The van der Waals surface area contributed by atoms with Gasteiger partial charge in [-0.1, -0.05) is 62.2 Å². The first-order valence-corrected chi connectivity index (χ1v) is 7.37. The van der Waals surface area contributed by atoms with Crippen LogP contribution in [0.4, 0.5) is 0 Å². The molecule has 124 valence electrons. The third-order valence-electron chi connectivity index (χ3n) is 2.81. The lowest BCUT2D eigenvalue weighted by molar-refractivity contribution is 0.0638. The number of hydrogen-bond donors (Lipinski definition) is 0. The van der Waals surface area contributed by atoms with Crippen molar-refractivity contribution in [1.82, 2.24) is 0 Å². The first kappa shape index (κ1) is 19.0. The van der Waals surface area contributed by atoms with Crippen LogP contribution in [0.15, 0.2) is 98.1 Å². The molecule has 0 radical (unpaired) electrons. The van der Waals surface area contributed by atoms with E-state index in [4.69, 9.17) is 9.47 Å². The molecule has 3 nitrogen and oxygen atoms in total. The molecule has 3 heteroatoms. The summed E-state index contributed by atoms with van der Waals surface area (Å²) in [4.78, 5) is 11.9. The first-order valence-electron chi connectivity index (χ1n) is 7.37. The van der Waals surface area contributed by atoms with Crippen LogP contribution in [-0.4, -0.2) is 5.97 Å². The highest BCUT2D eigenvalue weighted by Gasteiger charge is 2.08. The number of carbonyl (C=O) groups is 1. The summed E-state index contributed by atoms with van der Waals surface area (Å²) in [6.07, 6.45) is 8.38. The topological polar surface area (TPSA) is 35.5 Å². The Morgan fingerprint density at radius 1 is 1.04 bits per heavy atom. The zero-order chi connectivity index (χ0) is 17.9. The van der Waals surface area contributed by atoms with Crippen molar-refractivity contribution in [3.8, 4) is 0 Å². The smallest absolute Gasteiger partial charge is 0.343 e. The van der Waals surface area contributed by atoms with E-state index in [-0.39, 0.29) is 5.76 Å². The molecule has 0 bridgehead atoms. The first-order chi connectivity index (χ1) is 11.4. The van der Waals surface area contributed by atoms with Crippen molar-refractivity contribution >= 4 is 5.97 Å². The van der Waals surface area contributed by atoms with Crippen LogP contribution < -0.4 is 0 Å². The minimum absolute atomic E-state index is 0.257. The maximum Gasteiger partial charge on any atom is 0.343 e. The summed E-state index contributed by atoms with van der Waals surface area (Å²) in [6.45, 7) is 17.0. The van der Waals surface area contributed by atoms with Crippen molar-refractivity contribution in [1.29, 1.82) is 0 Å². The van der Waals surface area contributed by atoms with E-state index in [0.717, 1.165) is 11.1 Å². The van der Waals surface area contributed by atoms with Crippen LogP contribution in [0.25, 0.3) is 0 Å². The fourth-order valence-corrected chi connectivity index (χ4v) is 1.58. The van der Waals surface area contributed by atoms with Gasteiger partial charge in [0.1, 0.15) is 18.1 Å². The number of benzene rings is 1. The maximum atomic E-state index is 11.9. The van der Waals surface area contributed by atoms with E-state index in [9.17, 15) is 4.79 Å². The zero-order valence-corrected chi connectivity index (χ0v) is 14.0. The number of allylic oxidation sites excluding steroid dienone is 6. The molecule has 1 aromatic rings. The van der Waals surface area contributed by atoms with Gasteiger partial charge in [0, 0.05) is 0 Å². The molecular weight excluding hydrogens is 300 g/mol. The van der Waals surface area contributed by atoms with Crippen LogP contribution in [0.5, 0.6) is 0 Å². The normalized spacial score (nSPS) is 10.5. The molecule has 0 heterocycles. The number of rotatable bonds is 9. The van der Waals surface area contributed by atoms with Crippen molar-refractivity contribution in [2.24, 2.45) is 0 Å². The van der Waals surface area contributed by atoms with Crippen LogP contribution >= 0.6 is 0 Å². The number of esters is 1. The Bertz CT molecular complexity index is 688. The van der Waals surface area contributed by atoms with Gasteiger partial charge < -0.3 is 9.47 Å². The molecule has 0 aliphatic carbocycles. The summed E-state index contributed by atoms with van der Waals surface area (Å²) in [5, 5.41) is 0. The SMILES string of the molecule is C=C/C=C\C(=C)OC(=O)c1ccc(COC(=C)/C=C\C(=C)C)cc1. The summed E-state index contributed by atoms with van der Waals surface area (Å²) in [5.74, 6) is 0.342. The standard InChI is InChI=1S/C21H22O3/c1-6-7-8-18(5)24-21(22)20-13-11-19(12-14-20)15-23-17(4)10-9-16(2)3/h6-14H,1-2,4-5,15H2,3H3/b8-7-,10-9-. The van der Waals surface area contributed by atoms with Crippen molar-refractivity contribution in [2.45, 2.75) is 13.5 Å². The Morgan fingerprint density at radius 2 is 1.71 bits per heavy atom. The predicted molar refractivity (Wildman–Crippen MR) is 98.2 cm³/mol. The monoisotopic (exact) mass is 322 g/mol. The highest BCUT2D eigenvalue weighted by molar-refractivity contribution is 5.90. The van der Waals surface area contributed by atoms with E-state index >= 15 is 0 Å². The van der Waals surface area contributed by atoms with Gasteiger partial charge in [-0.15, -0.1) is 0 Å². The maximum absolute atomic E-state index is 11.9. The lowest BCUT2D eigenvalue weighted by Crippen LogP contribution is -2.03. The van der Waals surface area contributed by atoms with Gasteiger partial charge in [0.25, 0.3) is 0 Å². The van der Waals surface area contributed by atoms with Crippen LogP contribution in [0.1, 0.15) is 22.8 Å². The third-order valence-corrected chi connectivity index (χ3v) is 2.81. The van der Waals surface area contributed by atoms with Gasteiger partial charge >= 0.3 is 5.97 Å². The summed E-state index contributed by atoms with van der Waals surface area (Å²) in [6, 6.07) is 6.96. The molecule has 0 saturated heterocycles. The lowest BCUT2D eigenvalue weighted by Gasteiger charge is -2.07. The minimum atomic E-state index is -0.463. The van der Waals surface area contributed by atoms with Crippen LogP contribution in [0.3, 0.4) is 0 Å². The number of carbonyl (C=O) groups excluding carboxylic acids is 1. The Morgan fingerprint density at radius 3 is 2.29 bits per heavy atom. The molecule has 24 heavy (non-hydrogen) atoms. The second-order valence-corrected chi connectivity index (χ2v) is 5.08. The second kappa shape index (κ2) is 9.85. The van der Waals surface area contributed by atoms with Gasteiger partial charge in [-0.2, -0.15) is 0 Å². The molecule has 1 rings (SSSR count). The average Bonchev–Trinajstić information content (AvgIpc) is 2.56. The molecule has 0 aliphatic rings. The molecule has 1 aromatic carbocycles. The minimum Gasteiger partial charge on any atom is -0.490 e. The van der Waals surface area contributed by atoms with E-state index < -0.39 is 5.97 Å². The van der Waals surface area contributed by atoms with Crippen molar-refractivity contribution in [3.63, 3.8) is 0 Å². The third kappa shape index (κ3) is 7.27. The molecule has 0 amide bonds. The summed E-state index contributed by atoms with van der Waals surface area (Å²) in [5.41, 5.74) is 2.28. The molecule has 0 N–H and O–H groups in total. The zero-order valence-electron chi connectivity index (χ0n) is 14.0. The molecule has 0 aliphatic heterocycles.